The van der Waals surface area contributed by atoms with Gasteiger partial charge in [-0.1, -0.05) is 44.4 Å². The van der Waals surface area contributed by atoms with E-state index in [4.69, 9.17) is 4.74 Å². The maximum Gasteiger partial charge on any atom is 0.234 e. The fraction of sp³-hybridized carbons (Fsp3) is 0.550. The second-order valence-electron chi connectivity index (χ2n) is 6.56. The zero-order valence-electron chi connectivity index (χ0n) is 16.4. The lowest BCUT2D eigenvalue weighted by molar-refractivity contribution is -0.129. The molecule has 7 heteroatoms. The lowest BCUT2D eigenvalue weighted by atomic mass is 10.1. The average molecular weight is 392 g/mol. The van der Waals surface area contributed by atoms with Gasteiger partial charge in [-0.15, -0.1) is 0 Å². The highest BCUT2D eigenvalue weighted by Crippen LogP contribution is 2.28. The summed E-state index contributed by atoms with van der Waals surface area (Å²) in [6, 6.07) is 7.28. The molecule has 1 saturated heterocycles. The Kier molecular flexibility index (Phi) is 8.64. The summed E-state index contributed by atoms with van der Waals surface area (Å²) in [5.41, 5.74) is 0.718. The number of methoxy groups -OCH3 is 1. The first-order chi connectivity index (χ1) is 13.0. The number of hydrogen-bond acceptors (Lipinski definition) is 5. The predicted octanol–water partition coefficient (Wildman–Crippen LogP) is 3.73. The Morgan fingerprint density at radius 3 is 2.63 bits per heavy atom. The number of hydrogen-bond donors (Lipinski definition) is 1. The van der Waals surface area contributed by atoms with E-state index in [1.165, 1.54) is 35.9 Å². The van der Waals surface area contributed by atoms with E-state index in [-0.39, 0.29) is 18.2 Å². The molecule has 0 radical (unpaired) electrons. The molecule has 0 spiro atoms. The van der Waals surface area contributed by atoms with E-state index in [0.29, 0.717) is 11.7 Å². The highest BCUT2D eigenvalue weighted by molar-refractivity contribution is 8.15. The minimum atomic E-state index is -0.429. The largest absolute Gasteiger partial charge is 0.497 e. The van der Waals surface area contributed by atoms with Gasteiger partial charge in [-0.2, -0.15) is 0 Å². The monoisotopic (exact) mass is 391 g/mol. The van der Waals surface area contributed by atoms with Crippen molar-refractivity contribution in [2.45, 2.75) is 50.7 Å². The third-order valence-corrected chi connectivity index (χ3v) is 5.68. The Labute approximate surface area is 165 Å². The summed E-state index contributed by atoms with van der Waals surface area (Å²) in [4.78, 5) is 30.8. The van der Waals surface area contributed by atoms with Crippen molar-refractivity contribution in [2.75, 3.05) is 20.7 Å². The molecular weight excluding hydrogens is 362 g/mol. The molecule has 0 aliphatic carbocycles. The molecule has 6 nitrogen and oxygen atoms in total. The molecule has 1 N–H and O–H groups in total. The van der Waals surface area contributed by atoms with Crippen LogP contribution in [0, 0.1) is 0 Å². The zero-order chi connectivity index (χ0) is 19.6. The molecular formula is C20H29N3O3S. The summed E-state index contributed by atoms with van der Waals surface area (Å²) < 4.78 is 5.14. The van der Waals surface area contributed by atoms with Crippen molar-refractivity contribution in [3.8, 4) is 5.75 Å². The van der Waals surface area contributed by atoms with Crippen molar-refractivity contribution in [3.63, 3.8) is 0 Å². The zero-order valence-corrected chi connectivity index (χ0v) is 17.2. The summed E-state index contributed by atoms with van der Waals surface area (Å²) in [7, 11) is 3.30. The van der Waals surface area contributed by atoms with Gasteiger partial charge in [0.2, 0.25) is 11.8 Å². The van der Waals surface area contributed by atoms with Crippen molar-refractivity contribution >= 4 is 34.4 Å². The number of rotatable bonds is 9. The van der Waals surface area contributed by atoms with Crippen LogP contribution in [0.2, 0.25) is 0 Å². The SMILES string of the molecule is CCCCCCCNC(=O)[C@@H]1CC(=O)N(C)C(=Nc2ccc(OC)cc2)S1. The smallest absolute Gasteiger partial charge is 0.234 e. The van der Waals surface area contributed by atoms with Crippen LogP contribution in [0.4, 0.5) is 5.69 Å². The molecule has 1 aromatic rings. The number of nitrogens with one attached hydrogen (secondary N) is 1. The third kappa shape index (κ3) is 6.57. The molecule has 2 rings (SSSR count). The minimum absolute atomic E-state index is 0.0839. The van der Waals surface area contributed by atoms with E-state index >= 15 is 0 Å². The van der Waals surface area contributed by atoms with Crippen molar-refractivity contribution in [2.24, 2.45) is 4.99 Å². The van der Waals surface area contributed by atoms with Crippen LogP contribution in [0.3, 0.4) is 0 Å². The van der Waals surface area contributed by atoms with Crippen LogP contribution in [0.5, 0.6) is 5.75 Å². The molecule has 0 unspecified atom stereocenters. The Hall–Kier alpha value is -2.02. The number of benzene rings is 1. The number of nitrogens with zero attached hydrogens (tertiary/aromatic N) is 2. The summed E-state index contributed by atoms with van der Waals surface area (Å²) in [5.74, 6) is 0.569. The van der Waals surface area contributed by atoms with Crippen LogP contribution in [-0.2, 0) is 9.59 Å². The molecule has 1 aliphatic rings. The van der Waals surface area contributed by atoms with Crippen molar-refractivity contribution in [3.05, 3.63) is 24.3 Å². The minimum Gasteiger partial charge on any atom is -0.497 e. The Balaban J connectivity index is 1.94. The van der Waals surface area contributed by atoms with Crippen molar-refractivity contribution in [1.82, 2.24) is 10.2 Å². The van der Waals surface area contributed by atoms with Gasteiger partial charge < -0.3 is 10.1 Å². The van der Waals surface area contributed by atoms with Crippen molar-refractivity contribution < 1.29 is 14.3 Å². The fourth-order valence-electron chi connectivity index (χ4n) is 2.72. The molecule has 0 saturated carbocycles. The number of ether oxygens (including phenoxy) is 1. The molecule has 1 atom stereocenters. The van der Waals surface area contributed by atoms with E-state index in [1.54, 1.807) is 14.2 Å². The summed E-state index contributed by atoms with van der Waals surface area (Å²) in [6.45, 7) is 2.84. The molecule has 148 valence electrons. The number of carbonyl (C=O) groups is 2. The standard InChI is InChI=1S/C20H29N3O3S/c1-4-5-6-7-8-13-21-19(25)17-14-18(24)23(2)20(27-17)22-15-9-11-16(26-3)12-10-15/h9-12,17H,4-8,13-14H2,1-3H3,(H,21,25)/t17-/m0/s1. The number of amides is 2. The number of unbranched alkanes of at least 4 members (excludes halogenated alkanes) is 4. The Morgan fingerprint density at radius 2 is 1.96 bits per heavy atom. The maximum atomic E-state index is 12.4. The van der Waals surface area contributed by atoms with Crippen LogP contribution >= 0.6 is 11.8 Å². The molecule has 1 aliphatic heterocycles. The topological polar surface area (TPSA) is 71.0 Å². The quantitative estimate of drug-likeness (QED) is 0.651. The molecule has 1 heterocycles. The lowest BCUT2D eigenvalue weighted by Crippen LogP contribution is -2.45. The molecule has 1 fully saturated rings. The average Bonchev–Trinajstić information content (AvgIpc) is 2.68. The van der Waals surface area contributed by atoms with Crippen LogP contribution < -0.4 is 10.1 Å². The first-order valence-corrected chi connectivity index (χ1v) is 10.4. The number of carbonyl (C=O) groups excluding carboxylic acids is 2. The molecule has 27 heavy (non-hydrogen) atoms. The van der Waals surface area contributed by atoms with Crippen LogP contribution in [0.25, 0.3) is 0 Å². The van der Waals surface area contributed by atoms with Gasteiger partial charge >= 0.3 is 0 Å². The van der Waals surface area contributed by atoms with E-state index in [2.05, 4.69) is 17.2 Å². The normalized spacial score (nSPS) is 18.6. The summed E-state index contributed by atoms with van der Waals surface area (Å²) in [5, 5.41) is 3.07. The van der Waals surface area contributed by atoms with E-state index in [9.17, 15) is 9.59 Å². The predicted molar refractivity (Wildman–Crippen MR) is 111 cm³/mol. The van der Waals surface area contributed by atoms with E-state index < -0.39 is 5.25 Å². The molecule has 2 amide bonds. The molecule has 0 bridgehead atoms. The van der Waals surface area contributed by atoms with Gasteiger partial charge in [0.1, 0.15) is 5.75 Å². The maximum absolute atomic E-state index is 12.4. The summed E-state index contributed by atoms with van der Waals surface area (Å²) in [6.07, 6.45) is 5.94. The van der Waals surface area contributed by atoms with E-state index in [0.717, 1.165) is 24.3 Å². The second-order valence-corrected chi connectivity index (χ2v) is 7.73. The second kappa shape index (κ2) is 11.0. The van der Waals surface area contributed by atoms with Gasteiger partial charge in [-0.3, -0.25) is 14.5 Å². The van der Waals surface area contributed by atoms with Gasteiger partial charge in [0.15, 0.2) is 5.17 Å². The van der Waals surface area contributed by atoms with Crippen LogP contribution in [0.15, 0.2) is 29.3 Å². The molecule has 1 aromatic carbocycles. The lowest BCUT2D eigenvalue weighted by Gasteiger charge is -2.28. The number of amidine groups is 1. The van der Waals surface area contributed by atoms with Gasteiger partial charge in [-0.25, -0.2) is 4.99 Å². The molecule has 0 aromatic heterocycles. The highest BCUT2D eigenvalue weighted by Gasteiger charge is 2.33. The summed E-state index contributed by atoms with van der Waals surface area (Å²) >= 11 is 1.34. The van der Waals surface area contributed by atoms with Gasteiger partial charge in [0, 0.05) is 20.0 Å². The van der Waals surface area contributed by atoms with Crippen LogP contribution in [0.1, 0.15) is 45.4 Å². The van der Waals surface area contributed by atoms with Crippen molar-refractivity contribution in [1.29, 1.82) is 0 Å². The Bertz CT molecular complexity index is 661. The van der Waals surface area contributed by atoms with Crippen LogP contribution in [-0.4, -0.2) is 47.8 Å². The highest BCUT2D eigenvalue weighted by atomic mass is 32.2. The first-order valence-electron chi connectivity index (χ1n) is 9.48. The van der Waals surface area contributed by atoms with Gasteiger partial charge in [0.25, 0.3) is 0 Å². The van der Waals surface area contributed by atoms with Gasteiger partial charge in [0.05, 0.1) is 18.0 Å². The third-order valence-electron chi connectivity index (χ3n) is 4.44. The number of aliphatic imine (C=N–C) groups is 1. The van der Waals surface area contributed by atoms with E-state index in [1.807, 2.05) is 24.3 Å². The first kappa shape index (κ1) is 21.3. The Morgan fingerprint density at radius 1 is 1.26 bits per heavy atom. The van der Waals surface area contributed by atoms with Gasteiger partial charge in [-0.05, 0) is 30.7 Å². The number of thioether (sulfide) groups is 1. The fourth-order valence-corrected chi connectivity index (χ4v) is 3.81.